The molecule has 5 aromatic carbocycles. The van der Waals surface area contributed by atoms with Gasteiger partial charge in [-0.25, -0.2) is 0 Å². The number of ketones is 3. The van der Waals surface area contributed by atoms with Gasteiger partial charge in [0, 0.05) is 61.7 Å². The van der Waals surface area contributed by atoms with Crippen molar-refractivity contribution in [1.82, 2.24) is 21.3 Å². The maximum Gasteiger partial charge on any atom is 0.342 e. The molecular weight excluding hydrogens is 1670 g/mol. The number of amides is 4. The number of nitrogens with two attached hydrogens (primary N) is 2. The Balaban J connectivity index is 1.17. The lowest BCUT2D eigenvalue weighted by molar-refractivity contribution is -0.339. The van der Waals surface area contributed by atoms with Crippen LogP contribution in [0.15, 0.2) is 72.8 Å². The summed E-state index contributed by atoms with van der Waals surface area (Å²) in [6, 6.07) is 7.00. The first-order chi connectivity index (χ1) is 58.7. The molecule has 2 saturated heterocycles. The average molecular weight is 1790 g/mol. The summed E-state index contributed by atoms with van der Waals surface area (Å²) in [4.78, 5) is 131. The summed E-state index contributed by atoms with van der Waals surface area (Å²) in [5.74, 6) is -21.9. The van der Waals surface area contributed by atoms with Crippen molar-refractivity contribution < 1.29 is 132 Å². The molecule has 33 nitrogen and oxygen atoms in total. The van der Waals surface area contributed by atoms with E-state index in [1.54, 1.807) is 6.92 Å². The van der Waals surface area contributed by atoms with Gasteiger partial charge in [0.1, 0.15) is 77.4 Å². The third kappa shape index (κ3) is 24.1. The molecule has 2 unspecified atom stereocenters. The van der Waals surface area contributed by atoms with Crippen molar-refractivity contribution in [1.29, 1.82) is 0 Å². The van der Waals surface area contributed by atoms with Crippen molar-refractivity contribution in [2.24, 2.45) is 34.6 Å². The molecule has 124 heavy (non-hydrogen) atoms. The van der Waals surface area contributed by atoms with Gasteiger partial charge >= 0.3 is 13.6 Å². The van der Waals surface area contributed by atoms with Gasteiger partial charge in [0.2, 0.25) is 35.7 Å². The number of unbranched alkanes of at least 4 members (excludes halogenated alkanes) is 11. The number of aromatic hydroxyl groups is 3. The second kappa shape index (κ2) is 43.4. The molecule has 7 heterocycles. The topological polar surface area (TPSA) is 541 Å². The normalized spacial score (nSPS) is 27.0. The van der Waals surface area contributed by atoms with E-state index in [9.17, 15) is 74.9 Å². The summed E-state index contributed by atoms with van der Waals surface area (Å²) in [6.07, 6.45) is -8.68. The van der Waals surface area contributed by atoms with E-state index in [-0.39, 0.29) is 58.5 Å². The number of phenols is 3. The molecule has 5 aromatic rings. The lowest BCUT2D eigenvalue weighted by Crippen LogP contribution is -2.62. The number of carboxylic acid groups (broad SMARTS) is 1. The minimum absolute atomic E-state index is 0.0233. The predicted molar refractivity (Wildman–Crippen MR) is 452 cm³/mol. The fourth-order valence-corrected chi connectivity index (χ4v) is 18.5. The number of carbonyl (C=O) groups is 8. The molecule has 0 radical (unpaired) electrons. The first-order valence-electron chi connectivity index (χ1n) is 42.3. The van der Waals surface area contributed by atoms with Crippen LogP contribution < -0.4 is 46.9 Å². The van der Waals surface area contributed by atoms with Crippen molar-refractivity contribution in [3.63, 3.8) is 0 Å². The molecule has 19 N–H and O–H groups in total. The van der Waals surface area contributed by atoms with Crippen molar-refractivity contribution in [3.8, 4) is 57.1 Å². The van der Waals surface area contributed by atoms with E-state index >= 15 is 24.0 Å². The predicted octanol–water partition coefficient (Wildman–Crippen LogP) is 9.99. The number of aliphatic carboxylic acids is 1. The van der Waals surface area contributed by atoms with E-state index < -0.39 is 282 Å². The minimum atomic E-state index is -4.41. The molecular formula is C88H117Cl2N6O27P. The summed E-state index contributed by atoms with van der Waals surface area (Å²) in [6.45, 7) is 10.5. The summed E-state index contributed by atoms with van der Waals surface area (Å²) in [5.41, 5.74) is 7.99. The molecule has 19 atom stereocenters. The Morgan fingerprint density at radius 2 is 1.31 bits per heavy atom. The number of halogens is 2. The number of aliphatic hydroxyl groups is 6. The Bertz CT molecular complexity index is 4710. The second-order valence-electron chi connectivity index (χ2n) is 34.1. The maximum absolute atomic E-state index is 16.5. The fourth-order valence-electron chi connectivity index (χ4n) is 16.9. The first-order valence-corrected chi connectivity index (χ1v) is 44.9. The van der Waals surface area contributed by atoms with Gasteiger partial charge in [0.05, 0.1) is 70.5 Å². The SMILES string of the molecule is CCCCCCCCCCCCCC[C@@]1(C)C[C@H](O[C@H]2[C@H](Oc3c4cc5cc3Oc3ccc(cc3Cl)[C@@H](O)[C@@H]3NC(=O)[C@H](CC(=O)[C@@H]5NC(=O)[C@H](CC(N)=O)CC(=O)C(NC(=O)[C@H](CN)CC(C)C)[C@H](O)c5ccc(c(Cl)c5)O4)c4ccc(O)c(c4)-c4c(cc(O)c(CNCP(=O)(O)OC(C)C)c4O)[C@H](C(=O)O)CC3=O)O[C@H](CO)[C@@H](O)[C@H]2O)O[C@@H](C)[C@H]1O. The van der Waals surface area contributed by atoms with E-state index in [1.807, 2.05) is 20.8 Å². The third-order valence-electron chi connectivity index (χ3n) is 23.6. The largest absolute Gasteiger partial charge is 0.507 e. The van der Waals surface area contributed by atoms with E-state index in [1.165, 1.54) is 76.6 Å². The number of nitrogens with one attached hydrogen (secondary N) is 4. The number of rotatable bonds is 32. The lowest BCUT2D eigenvalue weighted by Gasteiger charge is -2.48. The van der Waals surface area contributed by atoms with Crippen LogP contribution in [-0.2, 0) is 68.2 Å². The smallest absolute Gasteiger partial charge is 0.342 e. The van der Waals surface area contributed by atoms with Gasteiger partial charge in [0.25, 0.3) is 0 Å². The molecule has 0 saturated carbocycles. The highest BCUT2D eigenvalue weighted by atomic mass is 35.5. The van der Waals surface area contributed by atoms with Gasteiger partial charge in [-0.1, -0.05) is 146 Å². The molecule has 0 aliphatic carbocycles. The van der Waals surface area contributed by atoms with Gasteiger partial charge in [-0.05, 0) is 122 Å². The molecule has 2 fully saturated rings. The number of carbonyl (C=O) groups excluding carboxylic acids is 7. The van der Waals surface area contributed by atoms with E-state index in [4.69, 9.17) is 67.6 Å². The Hall–Kier alpha value is -8.45. The number of phenolic OH excluding ortho intramolecular Hbond substituents is 3. The number of carboxylic acids is 1. The van der Waals surface area contributed by atoms with E-state index in [2.05, 4.69) is 28.2 Å². The standard InChI is InChI=1S/C88H117Cl2N6O27P/c1-8-9-10-11-12-13-14-15-16-17-18-19-26-88(7)38-70(117-45(6)82(88)109)121-81-79(108)78(107)68(41-97)120-87(81)122-80-66-32-49-33-67(80)119-65-25-22-48(30-58(65)90)76(105)74-63(102)37-54(86(113)114)53-36-60(99)56(40-93-42-124(115,116)123-44(4)5)77(106)71(53)55-28-46(20-23-59(55)98)52(85(112)96-74)35-62(101)72(49)94-83(110)50(34-69(92)103)31-61(100)73(95-84(111)51(39-91)27-43(2)3)75(104)47-21-24-64(118-66)57(89)29-47/h20-25,28-30,32-33,36,43-45,50-52,54,68,70,72-76,78-79,81-82,87,93,97-99,104-109H,8-19,26-27,31,34-35,37-42,91H2,1-7H3,(H2,92,103)(H,94,110)(H,95,111)(H,96,112)(H,113,114)(H,115,116)/t45-,50-,51-,52+,54+,68+,70-,72+,73?,74+,75+,76+,78+,79+,81+,82+,87-,88-/m0/s1. The highest BCUT2D eigenvalue weighted by Crippen LogP contribution is 2.53. The fraction of sp³-hybridized carbons (Fsp3) is 0.568. The van der Waals surface area contributed by atoms with Crippen LogP contribution in [-0.4, -0.2) is 190 Å². The number of Topliss-reactive ketones (excluding diaryl/α,β-unsaturated/α-hetero) is 3. The van der Waals surface area contributed by atoms with Gasteiger partial charge in [-0.15, -0.1) is 0 Å². The van der Waals surface area contributed by atoms with Crippen molar-refractivity contribution >= 4 is 77.7 Å². The Morgan fingerprint density at radius 1 is 0.710 bits per heavy atom. The Labute approximate surface area is 729 Å². The molecule has 0 aromatic heterocycles. The van der Waals surface area contributed by atoms with Crippen LogP contribution in [0.5, 0.6) is 46.0 Å². The van der Waals surface area contributed by atoms with Gasteiger partial charge in [-0.2, -0.15) is 0 Å². The van der Waals surface area contributed by atoms with Crippen LogP contribution in [0.3, 0.4) is 0 Å². The van der Waals surface area contributed by atoms with Crippen molar-refractivity contribution in [3.05, 3.63) is 116 Å². The van der Waals surface area contributed by atoms with Gasteiger partial charge in [-0.3, -0.25) is 42.9 Å². The van der Waals surface area contributed by atoms with Gasteiger partial charge in [0.15, 0.2) is 41.2 Å². The average Bonchev–Trinajstić information content (AvgIpc) is 0.746. The van der Waals surface area contributed by atoms with E-state index in [0.29, 0.717) is 6.42 Å². The molecule has 7 aliphatic heterocycles. The highest BCUT2D eigenvalue weighted by molar-refractivity contribution is 7.52. The number of hydrogen-bond acceptors (Lipinski definition) is 27. The monoisotopic (exact) mass is 1790 g/mol. The molecule has 680 valence electrons. The van der Waals surface area contributed by atoms with Crippen LogP contribution in [0, 0.1) is 23.2 Å². The third-order valence-corrected chi connectivity index (χ3v) is 25.6. The molecule has 4 amide bonds. The summed E-state index contributed by atoms with van der Waals surface area (Å²) >= 11 is 14.4. The molecule has 12 rings (SSSR count). The molecule has 11 bridgehead atoms. The zero-order chi connectivity index (χ0) is 90.5. The Kier molecular flexibility index (Phi) is 34.2. The second-order valence-corrected chi connectivity index (χ2v) is 36.7. The highest BCUT2D eigenvalue weighted by Gasteiger charge is 2.52. The van der Waals surface area contributed by atoms with Crippen LogP contribution in [0.2, 0.25) is 10.0 Å². The lowest BCUT2D eigenvalue weighted by atomic mass is 9.73. The van der Waals surface area contributed by atoms with Crippen LogP contribution in [0.1, 0.15) is 234 Å². The van der Waals surface area contributed by atoms with Crippen molar-refractivity contribution in [2.45, 2.75) is 274 Å². The first kappa shape index (κ1) is 97.7. The van der Waals surface area contributed by atoms with E-state index in [0.717, 1.165) is 87.1 Å². The number of fused-ring (bicyclic) bond motifs is 15. The maximum atomic E-state index is 16.5. The Morgan fingerprint density at radius 3 is 1.89 bits per heavy atom. The number of aliphatic hydroxyl groups excluding tert-OH is 6. The van der Waals surface area contributed by atoms with Gasteiger partial charge < -0.3 is 122 Å². The molecule has 7 aliphatic rings. The zero-order valence-corrected chi connectivity index (χ0v) is 72.9. The summed E-state index contributed by atoms with van der Waals surface area (Å²) in [5, 5.41) is 129. The summed E-state index contributed by atoms with van der Waals surface area (Å²) in [7, 11) is -4.41. The number of hydrogen-bond donors (Lipinski definition) is 17. The van der Waals surface area contributed by atoms with Crippen molar-refractivity contribution in [2.75, 3.05) is 19.4 Å². The van der Waals surface area contributed by atoms with Crippen LogP contribution in [0.4, 0.5) is 0 Å². The number of primary amides is 1. The zero-order valence-electron chi connectivity index (χ0n) is 70.5. The number of benzene rings is 5. The minimum Gasteiger partial charge on any atom is -0.507 e. The summed E-state index contributed by atoms with van der Waals surface area (Å²) < 4.78 is 58.1. The molecule has 36 heteroatoms. The van der Waals surface area contributed by atoms with Crippen LogP contribution in [0.25, 0.3) is 11.1 Å². The number of ether oxygens (including phenoxy) is 6. The van der Waals surface area contributed by atoms with Crippen LogP contribution >= 0.6 is 30.8 Å². The molecule has 0 spiro atoms. The quantitative estimate of drug-likeness (QED) is 0.0140.